The van der Waals surface area contributed by atoms with Crippen LogP contribution >= 0.6 is 12.4 Å². The maximum absolute atomic E-state index is 12.6. The number of hydrogen-bond donors (Lipinski definition) is 2. The van der Waals surface area contributed by atoms with Crippen LogP contribution in [0.25, 0.3) is 0 Å². The highest BCUT2D eigenvalue weighted by molar-refractivity contribution is 5.95. The molecule has 1 aromatic carbocycles. The zero-order chi connectivity index (χ0) is 14.6. The lowest BCUT2D eigenvalue weighted by molar-refractivity contribution is -0.137. The first-order valence-corrected chi connectivity index (χ1v) is 5.66. The molecule has 0 unspecified atom stereocenters. The Hall–Kier alpha value is -1.47. The van der Waals surface area contributed by atoms with Crippen LogP contribution in [0.2, 0.25) is 0 Å². The topological polar surface area (TPSA) is 64.3 Å². The molecular formula is C12H16ClF3N2O2. The summed E-state index contributed by atoms with van der Waals surface area (Å²) in [6.45, 7) is 3.39. The highest BCUT2D eigenvalue weighted by Crippen LogP contribution is 2.35. The third-order valence-corrected chi connectivity index (χ3v) is 2.28. The Balaban J connectivity index is 0.00000361. The van der Waals surface area contributed by atoms with Gasteiger partial charge in [-0.15, -0.1) is 12.4 Å². The molecule has 1 aromatic rings. The third kappa shape index (κ3) is 4.90. The predicted molar refractivity (Wildman–Crippen MR) is 72.1 cm³/mol. The van der Waals surface area contributed by atoms with E-state index in [0.29, 0.717) is 0 Å². The minimum Gasteiger partial charge on any atom is -0.492 e. The minimum atomic E-state index is -4.49. The summed E-state index contributed by atoms with van der Waals surface area (Å²) in [6.07, 6.45) is -4.49. The fraction of sp³-hybridized carbons (Fsp3) is 0.417. The number of nitrogens with one attached hydrogen (secondary N) is 1. The molecule has 0 saturated carbocycles. The number of alkyl halides is 3. The molecule has 0 aromatic heterocycles. The number of benzene rings is 1. The second-order valence-corrected chi connectivity index (χ2v) is 3.92. The van der Waals surface area contributed by atoms with Crippen LogP contribution in [0.4, 0.5) is 18.9 Å². The largest absolute Gasteiger partial charge is 0.492 e. The number of nitrogens with two attached hydrogens (primary N) is 1. The van der Waals surface area contributed by atoms with Gasteiger partial charge in [-0.1, -0.05) is 0 Å². The van der Waals surface area contributed by atoms with Crippen LogP contribution in [-0.4, -0.2) is 18.6 Å². The molecule has 8 heteroatoms. The first-order valence-electron chi connectivity index (χ1n) is 5.66. The highest BCUT2D eigenvalue weighted by Gasteiger charge is 2.31. The summed E-state index contributed by atoms with van der Waals surface area (Å²) in [5, 5.41) is 2.32. The molecular weight excluding hydrogens is 297 g/mol. The summed E-state index contributed by atoms with van der Waals surface area (Å²) < 4.78 is 43.0. The maximum atomic E-state index is 12.6. The number of anilines is 1. The summed E-state index contributed by atoms with van der Waals surface area (Å²) >= 11 is 0. The van der Waals surface area contributed by atoms with Crippen LogP contribution in [0.5, 0.6) is 5.75 Å². The number of rotatable bonds is 4. The zero-order valence-electron chi connectivity index (χ0n) is 11.0. The third-order valence-electron chi connectivity index (χ3n) is 2.28. The fourth-order valence-electron chi connectivity index (χ4n) is 1.33. The van der Waals surface area contributed by atoms with Crippen molar-refractivity contribution in [2.75, 3.05) is 11.9 Å². The van der Waals surface area contributed by atoms with Gasteiger partial charge in [0.25, 0.3) is 0 Å². The van der Waals surface area contributed by atoms with E-state index in [0.717, 1.165) is 12.1 Å². The molecule has 0 fully saturated rings. The lowest BCUT2D eigenvalue weighted by atomic mass is 10.1. The van der Waals surface area contributed by atoms with Crippen molar-refractivity contribution in [3.63, 3.8) is 0 Å². The first-order chi connectivity index (χ1) is 8.75. The van der Waals surface area contributed by atoms with Crippen molar-refractivity contribution in [3.05, 3.63) is 23.8 Å². The van der Waals surface area contributed by atoms with Gasteiger partial charge in [0.1, 0.15) is 5.75 Å². The van der Waals surface area contributed by atoms with Crippen molar-refractivity contribution in [2.24, 2.45) is 5.73 Å². The van der Waals surface area contributed by atoms with Gasteiger partial charge in [-0.2, -0.15) is 13.2 Å². The van der Waals surface area contributed by atoms with Gasteiger partial charge >= 0.3 is 6.18 Å². The molecule has 0 bridgehead atoms. The molecule has 114 valence electrons. The van der Waals surface area contributed by atoms with Crippen molar-refractivity contribution >= 4 is 24.0 Å². The Morgan fingerprint density at radius 2 is 2.05 bits per heavy atom. The molecule has 1 rings (SSSR count). The first kappa shape index (κ1) is 18.5. The number of ether oxygens (including phenoxy) is 1. The van der Waals surface area contributed by atoms with Crippen LogP contribution in [-0.2, 0) is 11.0 Å². The molecule has 0 aliphatic rings. The van der Waals surface area contributed by atoms with E-state index in [2.05, 4.69) is 5.32 Å². The Labute approximate surface area is 120 Å². The molecule has 3 N–H and O–H groups in total. The molecule has 0 heterocycles. The van der Waals surface area contributed by atoms with E-state index in [9.17, 15) is 18.0 Å². The number of carbonyl (C=O) groups excluding carboxylic acids is 1. The number of carbonyl (C=O) groups is 1. The summed E-state index contributed by atoms with van der Waals surface area (Å²) in [7, 11) is 0. The van der Waals surface area contributed by atoms with Crippen LogP contribution in [0.1, 0.15) is 19.4 Å². The highest BCUT2D eigenvalue weighted by atomic mass is 35.5. The molecule has 0 saturated heterocycles. The van der Waals surface area contributed by atoms with E-state index in [4.69, 9.17) is 10.5 Å². The Morgan fingerprint density at radius 3 is 2.50 bits per heavy atom. The SMILES string of the molecule is CCOc1ccc(C(F)(F)F)cc1NC(=O)[C@H](C)N.Cl. The van der Waals surface area contributed by atoms with E-state index in [1.807, 2.05) is 0 Å². The summed E-state index contributed by atoms with van der Waals surface area (Å²) in [5.41, 5.74) is 4.45. The quantitative estimate of drug-likeness (QED) is 0.898. The van der Waals surface area contributed by atoms with E-state index >= 15 is 0 Å². The van der Waals surface area contributed by atoms with E-state index < -0.39 is 23.7 Å². The number of halogens is 4. The van der Waals surface area contributed by atoms with Crippen molar-refractivity contribution < 1.29 is 22.7 Å². The van der Waals surface area contributed by atoms with Gasteiger partial charge in [0.2, 0.25) is 5.91 Å². The van der Waals surface area contributed by atoms with Gasteiger partial charge in [0, 0.05) is 0 Å². The van der Waals surface area contributed by atoms with Crippen LogP contribution in [0, 0.1) is 0 Å². The van der Waals surface area contributed by atoms with Gasteiger partial charge in [-0.3, -0.25) is 4.79 Å². The zero-order valence-corrected chi connectivity index (χ0v) is 11.8. The normalized spacial score (nSPS) is 12.3. The van der Waals surface area contributed by atoms with Gasteiger partial charge in [0.15, 0.2) is 0 Å². The Bertz CT molecular complexity index is 465. The minimum absolute atomic E-state index is 0. The van der Waals surface area contributed by atoms with E-state index in [-0.39, 0.29) is 30.5 Å². The predicted octanol–water partition coefficient (Wildman–Crippen LogP) is 2.81. The Morgan fingerprint density at radius 1 is 1.45 bits per heavy atom. The van der Waals surface area contributed by atoms with Gasteiger partial charge < -0.3 is 15.8 Å². The Kier molecular flexibility index (Phi) is 6.81. The van der Waals surface area contributed by atoms with Gasteiger partial charge in [-0.25, -0.2) is 0 Å². The molecule has 1 atom stereocenters. The standard InChI is InChI=1S/C12H15F3N2O2.ClH/c1-3-19-10-5-4-8(12(13,14)15)6-9(10)17-11(18)7(2)16;/h4-7H,3,16H2,1-2H3,(H,17,18);1H/t7-;/m0./s1. The van der Waals surface area contributed by atoms with Crippen molar-refractivity contribution in [3.8, 4) is 5.75 Å². The lowest BCUT2D eigenvalue weighted by Gasteiger charge is -2.15. The molecule has 20 heavy (non-hydrogen) atoms. The molecule has 0 aliphatic carbocycles. The molecule has 1 amide bonds. The fourth-order valence-corrected chi connectivity index (χ4v) is 1.33. The van der Waals surface area contributed by atoms with Crippen molar-refractivity contribution in [1.82, 2.24) is 0 Å². The van der Waals surface area contributed by atoms with Gasteiger partial charge in [-0.05, 0) is 32.0 Å². The molecule has 4 nitrogen and oxygen atoms in total. The number of amides is 1. The number of hydrogen-bond acceptors (Lipinski definition) is 3. The summed E-state index contributed by atoms with van der Waals surface area (Å²) in [5.74, 6) is -0.412. The van der Waals surface area contributed by atoms with Crippen molar-refractivity contribution in [1.29, 1.82) is 0 Å². The smallest absolute Gasteiger partial charge is 0.416 e. The average molecular weight is 313 g/mol. The van der Waals surface area contributed by atoms with Crippen LogP contribution < -0.4 is 15.8 Å². The van der Waals surface area contributed by atoms with Crippen LogP contribution in [0.3, 0.4) is 0 Å². The maximum Gasteiger partial charge on any atom is 0.416 e. The monoisotopic (exact) mass is 312 g/mol. The van der Waals surface area contributed by atoms with E-state index in [1.54, 1.807) is 6.92 Å². The average Bonchev–Trinajstić information content (AvgIpc) is 2.30. The van der Waals surface area contributed by atoms with Crippen LogP contribution in [0.15, 0.2) is 18.2 Å². The summed E-state index contributed by atoms with van der Waals surface area (Å²) in [6, 6.07) is 2.06. The van der Waals surface area contributed by atoms with Crippen molar-refractivity contribution in [2.45, 2.75) is 26.1 Å². The second-order valence-electron chi connectivity index (χ2n) is 3.92. The molecule has 0 radical (unpaired) electrons. The van der Waals surface area contributed by atoms with E-state index in [1.165, 1.54) is 13.0 Å². The van der Waals surface area contributed by atoms with Gasteiger partial charge in [0.05, 0.1) is 23.9 Å². The molecule has 0 aliphatic heterocycles. The summed E-state index contributed by atoms with van der Waals surface area (Å²) in [4.78, 5) is 11.5. The lowest BCUT2D eigenvalue weighted by Crippen LogP contribution is -2.32. The molecule has 0 spiro atoms. The second kappa shape index (κ2) is 7.35.